The van der Waals surface area contributed by atoms with Crippen LogP contribution < -0.4 is 11.4 Å². The van der Waals surface area contributed by atoms with Crippen molar-refractivity contribution in [2.75, 3.05) is 0 Å². The molecule has 0 spiro atoms. The first-order valence-electron chi connectivity index (χ1n) is 5.04. The lowest BCUT2D eigenvalue weighted by atomic mass is 10.1. The van der Waals surface area contributed by atoms with E-state index in [2.05, 4.69) is 17.2 Å². The van der Waals surface area contributed by atoms with E-state index in [4.69, 9.17) is 5.73 Å². The van der Waals surface area contributed by atoms with Crippen LogP contribution in [0.3, 0.4) is 0 Å². The third kappa shape index (κ3) is 3.28. The summed E-state index contributed by atoms with van der Waals surface area (Å²) in [5.41, 5.74) is 5.18. The van der Waals surface area contributed by atoms with Crippen LogP contribution in [-0.4, -0.2) is 20.7 Å². The van der Waals surface area contributed by atoms with E-state index in [0.717, 1.165) is 4.57 Å². The lowest BCUT2D eigenvalue weighted by Gasteiger charge is -2.20. The van der Waals surface area contributed by atoms with E-state index in [0.29, 0.717) is 11.4 Å². The van der Waals surface area contributed by atoms with Crippen molar-refractivity contribution < 1.29 is 13.2 Å². The van der Waals surface area contributed by atoms with E-state index in [1.165, 1.54) is 13.0 Å². The van der Waals surface area contributed by atoms with Gasteiger partial charge in [0, 0.05) is 17.9 Å². The minimum absolute atomic E-state index is 0.387. The Morgan fingerprint density at radius 3 is 2.50 bits per heavy atom. The molecule has 0 saturated heterocycles. The lowest BCUT2D eigenvalue weighted by Crippen LogP contribution is -2.41. The quantitative estimate of drug-likeness (QED) is 0.848. The highest BCUT2D eigenvalue weighted by atomic mass is 32.1. The number of nitrogens with zero attached hydrogens (tertiary/aromatic N) is 2. The molecule has 0 aliphatic heterocycles. The van der Waals surface area contributed by atoms with E-state index in [1.807, 2.05) is 0 Å². The first kappa shape index (κ1) is 14.6. The molecule has 1 aromatic heterocycles. The fourth-order valence-corrected chi connectivity index (χ4v) is 1.74. The van der Waals surface area contributed by atoms with Crippen LogP contribution in [0.4, 0.5) is 13.2 Å². The Kier molecular flexibility index (Phi) is 4.10. The van der Waals surface area contributed by atoms with Crippen LogP contribution in [0.2, 0.25) is 0 Å². The first-order chi connectivity index (χ1) is 8.12. The summed E-state index contributed by atoms with van der Waals surface area (Å²) in [6.45, 7) is 2.48. The fraction of sp³-hybridized carbons (Fsp3) is 0.500. The van der Waals surface area contributed by atoms with Gasteiger partial charge in [-0.25, -0.2) is 4.79 Å². The van der Waals surface area contributed by atoms with Crippen molar-refractivity contribution in [3.05, 3.63) is 27.9 Å². The Balaban J connectivity index is 3.18. The lowest BCUT2D eigenvalue weighted by molar-refractivity contribution is -0.158. The summed E-state index contributed by atoms with van der Waals surface area (Å²) in [7, 11) is 0. The second-order valence-corrected chi connectivity index (χ2v) is 4.40. The number of aryl methyl sites for hydroxylation is 2. The van der Waals surface area contributed by atoms with Gasteiger partial charge in [0.05, 0.1) is 4.99 Å². The number of nitrogens with two attached hydrogens (primary N) is 1. The smallest absolute Gasteiger partial charge is 0.393 e. The molecule has 18 heavy (non-hydrogen) atoms. The molecule has 1 unspecified atom stereocenters. The van der Waals surface area contributed by atoms with Crippen LogP contribution >= 0.6 is 12.2 Å². The molecule has 1 heterocycles. The van der Waals surface area contributed by atoms with Gasteiger partial charge in [0.1, 0.15) is 5.92 Å². The van der Waals surface area contributed by atoms with Crippen LogP contribution in [0.25, 0.3) is 0 Å². The van der Waals surface area contributed by atoms with Crippen molar-refractivity contribution in [1.82, 2.24) is 9.55 Å². The Bertz CT molecular complexity index is 524. The van der Waals surface area contributed by atoms with Gasteiger partial charge < -0.3 is 5.73 Å². The van der Waals surface area contributed by atoms with Crippen molar-refractivity contribution >= 4 is 17.2 Å². The maximum Gasteiger partial charge on any atom is 0.399 e. The Morgan fingerprint density at radius 2 is 2.11 bits per heavy atom. The minimum Gasteiger partial charge on any atom is -0.393 e. The van der Waals surface area contributed by atoms with Crippen molar-refractivity contribution in [3.63, 3.8) is 0 Å². The number of alkyl halides is 3. The summed E-state index contributed by atoms with van der Waals surface area (Å²) in [6.07, 6.45) is -4.58. The summed E-state index contributed by atoms with van der Waals surface area (Å²) in [5.74, 6) is -2.03. The Hall–Kier alpha value is -1.44. The highest BCUT2D eigenvalue weighted by Gasteiger charge is 2.42. The maximum absolute atomic E-state index is 12.7. The van der Waals surface area contributed by atoms with E-state index < -0.39 is 29.3 Å². The predicted molar refractivity (Wildman–Crippen MR) is 64.3 cm³/mol. The van der Waals surface area contributed by atoms with Gasteiger partial charge in [-0.1, -0.05) is 12.2 Å². The van der Waals surface area contributed by atoms with E-state index >= 15 is 0 Å². The van der Waals surface area contributed by atoms with E-state index in [-0.39, 0.29) is 0 Å². The van der Waals surface area contributed by atoms with Gasteiger partial charge in [-0.05, 0) is 19.9 Å². The SMILES string of the molecule is Cc1cc(C)n(CC(C(N)=S)C(F)(F)F)c(=O)n1. The van der Waals surface area contributed by atoms with Crippen molar-refractivity contribution in [2.45, 2.75) is 26.6 Å². The average Bonchev–Trinajstić information content (AvgIpc) is 2.12. The van der Waals surface area contributed by atoms with Gasteiger partial charge in [0.15, 0.2) is 0 Å². The average molecular weight is 279 g/mol. The largest absolute Gasteiger partial charge is 0.399 e. The van der Waals surface area contributed by atoms with Gasteiger partial charge in [0.25, 0.3) is 0 Å². The maximum atomic E-state index is 12.7. The molecule has 2 N–H and O–H groups in total. The molecule has 0 aromatic carbocycles. The summed E-state index contributed by atoms with van der Waals surface area (Å²) in [5, 5.41) is 0. The predicted octanol–water partition coefficient (Wildman–Crippen LogP) is 1.32. The third-order valence-electron chi connectivity index (χ3n) is 2.45. The standard InChI is InChI=1S/C10H12F3N3OS/c1-5-3-6(2)16(9(17)15-5)4-7(8(14)18)10(11,12)13/h3,7H,4H2,1-2H3,(H2,14,18). The van der Waals surface area contributed by atoms with Crippen LogP contribution in [0.5, 0.6) is 0 Å². The monoisotopic (exact) mass is 279 g/mol. The number of thiocarbonyl (C=S) groups is 1. The molecule has 0 aliphatic carbocycles. The normalized spacial score (nSPS) is 13.4. The zero-order valence-electron chi connectivity index (χ0n) is 9.78. The highest BCUT2D eigenvalue weighted by Crippen LogP contribution is 2.27. The van der Waals surface area contributed by atoms with Gasteiger partial charge >= 0.3 is 11.9 Å². The molecule has 8 heteroatoms. The molecule has 0 fully saturated rings. The highest BCUT2D eigenvalue weighted by molar-refractivity contribution is 7.80. The zero-order valence-corrected chi connectivity index (χ0v) is 10.6. The number of rotatable bonds is 3. The summed E-state index contributed by atoms with van der Waals surface area (Å²) in [6, 6.07) is 1.52. The van der Waals surface area contributed by atoms with E-state index in [9.17, 15) is 18.0 Å². The minimum atomic E-state index is -4.58. The van der Waals surface area contributed by atoms with Gasteiger partial charge in [0.2, 0.25) is 0 Å². The molecule has 0 aliphatic rings. The molecular weight excluding hydrogens is 267 g/mol. The second kappa shape index (κ2) is 5.05. The zero-order chi connectivity index (χ0) is 14.1. The molecule has 100 valence electrons. The summed E-state index contributed by atoms with van der Waals surface area (Å²) >= 11 is 4.40. The Morgan fingerprint density at radius 1 is 1.56 bits per heavy atom. The third-order valence-corrected chi connectivity index (χ3v) is 2.73. The van der Waals surface area contributed by atoms with Crippen LogP contribution in [0, 0.1) is 19.8 Å². The van der Waals surface area contributed by atoms with E-state index in [1.54, 1.807) is 6.92 Å². The van der Waals surface area contributed by atoms with Crippen molar-refractivity contribution in [1.29, 1.82) is 0 Å². The Labute approximate surface area is 107 Å². The topological polar surface area (TPSA) is 60.9 Å². The molecule has 1 atom stereocenters. The number of hydrogen-bond acceptors (Lipinski definition) is 3. The number of halogens is 3. The van der Waals surface area contributed by atoms with Crippen molar-refractivity contribution in [2.24, 2.45) is 11.7 Å². The number of aromatic nitrogens is 2. The number of hydrogen-bond donors (Lipinski definition) is 1. The van der Waals surface area contributed by atoms with Crippen LogP contribution in [-0.2, 0) is 6.54 Å². The molecule has 0 saturated carbocycles. The first-order valence-corrected chi connectivity index (χ1v) is 5.45. The molecule has 0 amide bonds. The van der Waals surface area contributed by atoms with Crippen LogP contribution in [0.15, 0.2) is 10.9 Å². The van der Waals surface area contributed by atoms with Gasteiger partial charge in [-0.15, -0.1) is 0 Å². The molecule has 0 bridgehead atoms. The molecule has 1 rings (SSSR count). The molecule has 1 aromatic rings. The summed E-state index contributed by atoms with van der Waals surface area (Å²) < 4.78 is 39.0. The second-order valence-electron chi connectivity index (χ2n) is 3.93. The molecular formula is C10H12F3N3OS. The molecule has 4 nitrogen and oxygen atoms in total. The van der Waals surface area contributed by atoms with Crippen LogP contribution in [0.1, 0.15) is 11.4 Å². The van der Waals surface area contributed by atoms with Gasteiger partial charge in [-0.2, -0.15) is 18.2 Å². The molecule has 0 radical (unpaired) electrons. The van der Waals surface area contributed by atoms with Gasteiger partial charge in [-0.3, -0.25) is 4.57 Å². The van der Waals surface area contributed by atoms with Crippen molar-refractivity contribution in [3.8, 4) is 0 Å². The summed E-state index contributed by atoms with van der Waals surface area (Å²) in [4.78, 5) is 14.4. The fourth-order valence-electron chi connectivity index (χ4n) is 1.53.